The first-order valence-electron chi connectivity index (χ1n) is 7.32. The number of halogens is 4. The van der Waals surface area contributed by atoms with Crippen LogP contribution in [0.25, 0.3) is 11.4 Å². The number of aryl methyl sites for hydroxylation is 1. The number of carbonyl (C=O) groups is 1. The van der Waals surface area contributed by atoms with E-state index in [9.17, 15) is 18.0 Å². The normalized spacial score (nSPS) is 11.4. The highest BCUT2D eigenvalue weighted by molar-refractivity contribution is 6.30. The minimum Gasteiger partial charge on any atom is -0.339 e. The predicted molar refractivity (Wildman–Crippen MR) is 85.9 cm³/mol. The first kappa shape index (κ1) is 19.0. The second-order valence-electron chi connectivity index (χ2n) is 5.20. The second-order valence-corrected chi connectivity index (χ2v) is 5.63. The lowest BCUT2D eigenvalue weighted by atomic mass is 10.2. The summed E-state index contributed by atoms with van der Waals surface area (Å²) in [6.07, 6.45) is -3.35. The van der Waals surface area contributed by atoms with E-state index in [0.29, 0.717) is 21.3 Å². The molecule has 0 saturated heterocycles. The van der Waals surface area contributed by atoms with Gasteiger partial charge in [0.1, 0.15) is 6.54 Å². The average molecular weight is 374 g/mol. The maximum atomic E-state index is 12.5. The van der Waals surface area contributed by atoms with Crippen molar-refractivity contribution in [2.75, 3.05) is 13.1 Å². The van der Waals surface area contributed by atoms with Crippen LogP contribution in [0.5, 0.6) is 0 Å². The molecule has 0 unspecified atom stereocenters. The van der Waals surface area contributed by atoms with Crippen molar-refractivity contribution >= 4 is 17.5 Å². The Kier molecular flexibility index (Phi) is 6.19. The number of hydrogen-bond acceptors (Lipinski definition) is 4. The lowest BCUT2D eigenvalue weighted by Gasteiger charge is -2.22. The van der Waals surface area contributed by atoms with Crippen LogP contribution in [0, 0.1) is 0 Å². The van der Waals surface area contributed by atoms with Crippen LogP contribution in [0.15, 0.2) is 41.4 Å². The van der Waals surface area contributed by atoms with E-state index < -0.39 is 18.6 Å². The largest absolute Gasteiger partial charge is 0.406 e. The minimum atomic E-state index is -4.47. The predicted octanol–water partition coefficient (Wildman–Crippen LogP) is 3.90. The third-order valence-corrected chi connectivity index (χ3v) is 3.45. The van der Waals surface area contributed by atoms with Gasteiger partial charge in [-0.3, -0.25) is 4.79 Å². The van der Waals surface area contributed by atoms with E-state index in [1.54, 1.807) is 24.3 Å². The number of amides is 1. The third kappa shape index (κ3) is 5.90. The Hall–Kier alpha value is -2.35. The van der Waals surface area contributed by atoms with E-state index in [-0.39, 0.29) is 25.3 Å². The van der Waals surface area contributed by atoms with Crippen LogP contribution < -0.4 is 0 Å². The van der Waals surface area contributed by atoms with Gasteiger partial charge >= 0.3 is 6.18 Å². The van der Waals surface area contributed by atoms with Gasteiger partial charge in [-0.1, -0.05) is 22.8 Å². The van der Waals surface area contributed by atoms with Gasteiger partial charge in [-0.25, -0.2) is 0 Å². The number of rotatable bonds is 7. The number of alkyl halides is 3. The molecule has 0 aliphatic heterocycles. The van der Waals surface area contributed by atoms with E-state index in [0.717, 1.165) is 0 Å². The van der Waals surface area contributed by atoms with Gasteiger partial charge in [0.05, 0.1) is 0 Å². The molecule has 1 heterocycles. The van der Waals surface area contributed by atoms with Crippen molar-refractivity contribution in [2.24, 2.45) is 0 Å². The van der Waals surface area contributed by atoms with E-state index in [1.807, 2.05) is 0 Å². The van der Waals surface area contributed by atoms with Gasteiger partial charge in [-0.15, -0.1) is 6.58 Å². The summed E-state index contributed by atoms with van der Waals surface area (Å²) in [5.74, 6) is -0.176. The van der Waals surface area contributed by atoms with Crippen molar-refractivity contribution in [3.05, 3.63) is 47.8 Å². The Balaban J connectivity index is 1.97. The van der Waals surface area contributed by atoms with Crippen molar-refractivity contribution < 1.29 is 22.5 Å². The molecule has 0 fully saturated rings. The van der Waals surface area contributed by atoms with Gasteiger partial charge in [0, 0.05) is 30.0 Å². The summed E-state index contributed by atoms with van der Waals surface area (Å²) in [6, 6.07) is 6.75. The third-order valence-electron chi connectivity index (χ3n) is 3.20. The van der Waals surface area contributed by atoms with Crippen molar-refractivity contribution in [1.29, 1.82) is 0 Å². The highest BCUT2D eigenvalue weighted by atomic mass is 35.5. The number of aromatic nitrogens is 2. The van der Waals surface area contributed by atoms with Crippen LogP contribution >= 0.6 is 11.6 Å². The molecule has 1 aromatic heterocycles. The Labute approximate surface area is 147 Å². The first-order chi connectivity index (χ1) is 11.8. The zero-order valence-corrected chi connectivity index (χ0v) is 13.8. The molecule has 5 nitrogen and oxygen atoms in total. The van der Waals surface area contributed by atoms with Gasteiger partial charge < -0.3 is 9.42 Å². The summed E-state index contributed by atoms with van der Waals surface area (Å²) in [5.41, 5.74) is 0.677. The zero-order chi connectivity index (χ0) is 18.4. The smallest absolute Gasteiger partial charge is 0.339 e. The summed E-state index contributed by atoms with van der Waals surface area (Å²) in [6.45, 7) is 1.86. The summed E-state index contributed by atoms with van der Waals surface area (Å²) in [7, 11) is 0. The molecule has 0 N–H and O–H groups in total. The molecule has 0 aliphatic rings. The molecular formula is C16H15ClF3N3O2. The molecule has 2 rings (SSSR count). The quantitative estimate of drug-likeness (QED) is 0.691. The van der Waals surface area contributed by atoms with Gasteiger partial charge in [0.2, 0.25) is 17.6 Å². The van der Waals surface area contributed by atoms with Gasteiger partial charge in [0.25, 0.3) is 0 Å². The molecular weight excluding hydrogens is 359 g/mol. The summed E-state index contributed by atoms with van der Waals surface area (Å²) in [4.78, 5) is 16.8. The molecule has 9 heteroatoms. The Morgan fingerprint density at radius 1 is 1.32 bits per heavy atom. The van der Waals surface area contributed by atoms with Gasteiger partial charge in [0.15, 0.2) is 0 Å². The molecule has 0 aliphatic carbocycles. The maximum Gasteiger partial charge on any atom is 0.406 e. The number of carbonyl (C=O) groups excluding carboxylic acids is 1. The average Bonchev–Trinajstić information content (AvgIpc) is 3.00. The Bertz CT molecular complexity index is 729. The van der Waals surface area contributed by atoms with Crippen LogP contribution in [0.1, 0.15) is 12.3 Å². The number of benzene rings is 1. The molecule has 0 atom stereocenters. The Morgan fingerprint density at radius 3 is 2.60 bits per heavy atom. The van der Waals surface area contributed by atoms with Crippen LogP contribution in [0.4, 0.5) is 13.2 Å². The fourth-order valence-corrected chi connectivity index (χ4v) is 2.20. The molecule has 0 saturated carbocycles. The van der Waals surface area contributed by atoms with Gasteiger partial charge in [-0.05, 0) is 24.3 Å². The van der Waals surface area contributed by atoms with Gasteiger partial charge in [-0.2, -0.15) is 18.2 Å². The topological polar surface area (TPSA) is 59.2 Å². The summed E-state index contributed by atoms with van der Waals surface area (Å²) >= 11 is 5.80. The fraction of sp³-hybridized carbons (Fsp3) is 0.312. The summed E-state index contributed by atoms with van der Waals surface area (Å²) < 4.78 is 42.5. The lowest BCUT2D eigenvalue weighted by Crippen LogP contribution is -2.39. The zero-order valence-electron chi connectivity index (χ0n) is 13.1. The molecule has 0 spiro atoms. The molecule has 0 bridgehead atoms. The molecule has 2 aromatic rings. The first-order valence-corrected chi connectivity index (χ1v) is 7.70. The van der Waals surface area contributed by atoms with Crippen LogP contribution in [0.2, 0.25) is 5.02 Å². The molecule has 1 amide bonds. The van der Waals surface area contributed by atoms with Crippen LogP contribution in [0.3, 0.4) is 0 Å². The number of hydrogen-bond donors (Lipinski definition) is 0. The van der Waals surface area contributed by atoms with E-state index >= 15 is 0 Å². The molecule has 0 radical (unpaired) electrons. The van der Waals surface area contributed by atoms with Crippen LogP contribution in [-0.4, -0.2) is 40.2 Å². The highest BCUT2D eigenvalue weighted by Crippen LogP contribution is 2.20. The minimum absolute atomic E-state index is 0.0466. The Morgan fingerprint density at radius 2 is 2.00 bits per heavy atom. The number of nitrogens with zero attached hydrogens (tertiary/aromatic N) is 3. The molecule has 1 aromatic carbocycles. The SMILES string of the molecule is C=CCN(CC(F)(F)F)C(=O)CCc1nc(-c2ccc(Cl)cc2)no1. The maximum absolute atomic E-state index is 12.5. The molecule has 134 valence electrons. The molecule has 25 heavy (non-hydrogen) atoms. The van der Waals surface area contributed by atoms with E-state index in [1.165, 1.54) is 6.08 Å². The van der Waals surface area contributed by atoms with E-state index in [2.05, 4.69) is 16.7 Å². The van der Waals surface area contributed by atoms with E-state index in [4.69, 9.17) is 16.1 Å². The van der Waals surface area contributed by atoms with Crippen molar-refractivity contribution in [1.82, 2.24) is 15.0 Å². The summed E-state index contributed by atoms with van der Waals surface area (Å²) in [5, 5.41) is 4.34. The van der Waals surface area contributed by atoms with Crippen molar-refractivity contribution in [3.63, 3.8) is 0 Å². The van der Waals surface area contributed by atoms with Crippen molar-refractivity contribution in [3.8, 4) is 11.4 Å². The van der Waals surface area contributed by atoms with Crippen molar-refractivity contribution in [2.45, 2.75) is 19.0 Å². The fourth-order valence-electron chi connectivity index (χ4n) is 2.07. The standard InChI is InChI=1S/C16H15ClF3N3O2/c1-2-9-23(10-16(18,19)20)14(24)8-7-13-21-15(22-25-13)11-3-5-12(17)6-4-11/h2-6H,1,7-10H2. The second kappa shape index (κ2) is 8.15. The highest BCUT2D eigenvalue weighted by Gasteiger charge is 2.32. The monoisotopic (exact) mass is 373 g/mol. The lowest BCUT2D eigenvalue weighted by molar-refractivity contribution is -0.160. The van der Waals surface area contributed by atoms with Crippen LogP contribution in [-0.2, 0) is 11.2 Å².